The lowest BCUT2D eigenvalue weighted by Gasteiger charge is -2.38. The molecule has 2 N–H and O–H groups in total. The van der Waals surface area contributed by atoms with Crippen LogP contribution in [0.3, 0.4) is 0 Å². The summed E-state index contributed by atoms with van der Waals surface area (Å²) in [5.74, 6) is 0.0909. The van der Waals surface area contributed by atoms with Crippen LogP contribution in [0.2, 0.25) is 0 Å². The van der Waals surface area contributed by atoms with Gasteiger partial charge in [-0.3, -0.25) is 9.59 Å². The van der Waals surface area contributed by atoms with Crippen LogP contribution in [0.25, 0.3) is 0 Å². The first-order chi connectivity index (χ1) is 10.0. The molecule has 0 aromatic heterocycles. The van der Waals surface area contributed by atoms with Gasteiger partial charge in [0.05, 0.1) is 6.10 Å². The third-order valence-corrected chi connectivity index (χ3v) is 3.95. The number of aliphatic hydroxyl groups excluding tert-OH is 1. The average molecular weight is 333 g/mol. The maximum atomic E-state index is 12.9. The Morgan fingerprint density at radius 1 is 1.23 bits per heavy atom. The van der Waals surface area contributed by atoms with Crippen LogP contribution in [-0.4, -0.2) is 52.8 Å². The van der Waals surface area contributed by atoms with Crippen LogP contribution in [0.5, 0.6) is 0 Å². The van der Waals surface area contributed by atoms with E-state index in [1.807, 2.05) is 34.6 Å². The summed E-state index contributed by atoms with van der Waals surface area (Å²) < 4.78 is 0. The van der Waals surface area contributed by atoms with Gasteiger partial charge in [-0.15, -0.1) is 0 Å². The highest BCUT2D eigenvalue weighted by atomic mass is 32.1. The van der Waals surface area contributed by atoms with Crippen molar-refractivity contribution in [2.45, 2.75) is 59.1 Å². The molecule has 0 bridgehead atoms. The van der Waals surface area contributed by atoms with Gasteiger partial charge in [0.1, 0.15) is 6.54 Å². The molecule has 0 saturated carbocycles. The highest BCUT2D eigenvalue weighted by Crippen LogP contribution is 2.24. The second kappa shape index (κ2) is 9.40. The zero-order valence-corrected chi connectivity index (χ0v) is 15.6. The molecule has 6 heteroatoms. The molecule has 0 aliphatic carbocycles. The van der Waals surface area contributed by atoms with E-state index in [0.717, 1.165) is 0 Å². The number of thiol groups is 1. The zero-order chi connectivity index (χ0) is 17.5. The molecule has 0 fully saturated rings. The number of rotatable bonds is 8. The SMILES string of the molecule is CNC(=O)CN(C(=O)C(CC(C)C)CC(O)CS)C(C)(C)C. The molecule has 0 aliphatic heterocycles. The molecule has 0 radical (unpaired) electrons. The van der Waals surface area contributed by atoms with E-state index in [2.05, 4.69) is 17.9 Å². The van der Waals surface area contributed by atoms with Crippen LogP contribution in [-0.2, 0) is 9.59 Å². The Kier molecular flexibility index (Phi) is 9.08. The fourth-order valence-electron chi connectivity index (χ4n) is 2.36. The van der Waals surface area contributed by atoms with Gasteiger partial charge in [-0.2, -0.15) is 12.6 Å². The van der Waals surface area contributed by atoms with E-state index in [-0.39, 0.29) is 24.3 Å². The summed E-state index contributed by atoms with van der Waals surface area (Å²) in [4.78, 5) is 26.3. The Morgan fingerprint density at radius 3 is 2.14 bits per heavy atom. The molecule has 0 rings (SSSR count). The summed E-state index contributed by atoms with van der Waals surface area (Å²) in [5, 5.41) is 12.4. The van der Waals surface area contributed by atoms with Crippen molar-refractivity contribution in [2.75, 3.05) is 19.3 Å². The van der Waals surface area contributed by atoms with Gasteiger partial charge in [-0.1, -0.05) is 13.8 Å². The lowest BCUT2D eigenvalue weighted by atomic mass is 9.89. The molecule has 5 nitrogen and oxygen atoms in total. The Bertz CT molecular complexity index is 367. The molecule has 0 saturated heterocycles. The summed E-state index contributed by atoms with van der Waals surface area (Å²) in [7, 11) is 1.56. The Hall–Kier alpha value is -0.750. The molecule has 22 heavy (non-hydrogen) atoms. The number of nitrogens with one attached hydrogen (secondary N) is 1. The Labute approximate surface area is 140 Å². The minimum Gasteiger partial charge on any atom is -0.392 e. The van der Waals surface area contributed by atoms with Crippen molar-refractivity contribution in [1.29, 1.82) is 0 Å². The van der Waals surface area contributed by atoms with Crippen molar-refractivity contribution in [3.63, 3.8) is 0 Å². The van der Waals surface area contributed by atoms with Crippen LogP contribution in [0, 0.1) is 11.8 Å². The van der Waals surface area contributed by atoms with Crippen LogP contribution in [0.4, 0.5) is 0 Å². The fraction of sp³-hybridized carbons (Fsp3) is 0.875. The van der Waals surface area contributed by atoms with Gasteiger partial charge in [0, 0.05) is 24.3 Å². The van der Waals surface area contributed by atoms with Gasteiger partial charge in [0.2, 0.25) is 11.8 Å². The van der Waals surface area contributed by atoms with E-state index < -0.39 is 11.6 Å². The minimum absolute atomic E-state index is 0.0321. The van der Waals surface area contributed by atoms with E-state index in [9.17, 15) is 14.7 Å². The van der Waals surface area contributed by atoms with Crippen LogP contribution < -0.4 is 5.32 Å². The van der Waals surface area contributed by atoms with Crippen molar-refractivity contribution in [3.8, 4) is 0 Å². The first-order valence-corrected chi connectivity index (χ1v) is 8.47. The first kappa shape index (κ1) is 21.2. The number of carbonyl (C=O) groups excluding carboxylic acids is 2. The number of hydrogen-bond donors (Lipinski definition) is 3. The van der Waals surface area contributed by atoms with Crippen molar-refractivity contribution >= 4 is 24.4 Å². The van der Waals surface area contributed by atoms with Crippen LogP contribution in [0.1, 0.15) is 47.5 Å². The number of amides is 2. The summed E-state index contributed by atoms with van der Waals surface area (Å²) in [6, 6.07) is 0. The number of aliphatic hydroxyl groups is 1. The monoisotopic (exact) mass is 332 g/mol. The summed E-state index contributed by atoms with van der Waals surface area (Å²) in [6.07, 6.45) is 0.447. The molecular formula is C16H32N2O3S. The van der Waals surface area contributed by atoms with Crippen molar-refractivity contribution in [2.24, 2.45) is 11.8 Å². The van der Waals surface area contributed by atoms with Crippen molar-refractivity contribution in [3.05, 3.63) is 0 Å². The van der Waals surface area contributed by atoms with E-state index in [0.29, 0.717) is 24.5 Å². The average Bonchev–Trinajstić information content (AvgIpc) is 2.40. The summed E-state index contributed by atoms with van der Waals surface area (Å²) >= 11 is 4.09. The quantitative estimate of drug-likeness (QED) is 0.593. The third kappa shape index (κ3) is 7.49. The predicted octanol–water partition coefficient (Wildman–Crippen LogP) is 1.70. The number of carbonyl (C=O) groups is 2. The van der Waals surface area contributed by atoms with Crippen molar-refractivity contribution < 1.29 is 14.7 Å². The molecule has 0 aliphatic rings. The van der Waals surface area contributed by atoms with E-state index >= 15 is 0 Å². The number of likely N-dealkylation sites (N-methyl/N-ethyl adjacent to an activating group) is 1. The van der Waals surface area contributed by atoms with E-state index in [1.54, 1.807) is 11.9 Å². The lowest BCUT2D eigenvalue weighted by Crippen LogP contribution is -2.52. The van der Waals surface area contributed by atoms with Crippen molar-refractivity contribution in [1.82, 2.24) is 10.2 Å². The maximum Gasteiger partial charge on any atom is 0.239 e. The normalized spacial score (nSPS) is 14.6. The molecule has 2 atom stereocenters. The third-order valence-electron chi connectivity index (χ3n) is 3.53. The van der Waals surface area contributed by atoms with Gasteiger partial charge in [-0.05, 0) is 39.5 Å². The second-order valence-electron chi connectivity index (χ2n) is 7.17. The highest BCUT2D eigenvalue weighted by Gasteiger charge is 2.34. The number of nitrogens with zero attached hydrogens (tertiary/aromatic N) is 1. The Balaban J connectivity index is 5.27. The van der Waals surface area contributed by atoms with Gasteiger partial charge < -0.3 is 15.3 Å². The molecule has 130 valence electrons. The molecule has 0 aromatic rings. The summed E-state index contributed by atoms with van der Waals surface area (Å²) in [6.45, 7) is 9.87. The predicted molar refractivity (Wildman–Crippen MR) is 93.0 cm³/mol. The van der Waals surface area contributed by atoms with Gasteiger partial charge in [0.25, 0.3) is 0 Å². The maximum absolute atomic E-state index is 12.9. The molecule has 0 spiro atoms. The standard InChI is InChI=1S/C16H32N2O3S/c1-11(2)7-12(8-13(19)10-22)15(21)18(16(3,4)5)9-14(20)17-6/h11-13,19,22H,7-10H2,1-6H3,(H,17,20). The minimum atomic E-state index is -0.613. The number of hydrogen-bond acceptors (Lipinski definition) is 4. The van der Waals surface area contributed by atoms with E-state index in [1.165, 1.54) is 0 Å². The highest BCUT2D eigenvalue weighted by molar-refractivity contribution is 7.80. The molecular weight excluding hydrogens is 300 g/mol. The smallest absolute Gasteiger partial charge is 0.239 e. The molecule has 2 amide bonds. The molecule has 0 aromatic carbocycles. The van der Waals surface area contributed by atoms with Gasteiger partial charge in [0.15, 0.2) is 0 Å². The molecule has 0 heterocycles. The van der Waals surface area contributed by atoms with Gasteiger partial charge >= 0.3 is 0 Å². The van der Waals surface area contributed by atoms with Crippen LogP contribution in [0.15, 0.2) is 0 Å². The van der Waals surface area contributed by atoms with E-state index in [4.69, 9.17) is 0 Å². The Morgan fingerprint density at radius 2 is 1.77 bits per heavy atom. The zero-order valence-electron chi connectivity index (χ0n) is 14.7. The largest absolute Gasteiger partial charge is 0.392 e. The fourth-order valence-corrected chi connectivity index (χ4v) is 2.51. The molecule has 2 unspecified atom stereocenters. The topological polar surface area (TPSA) is 69.6 Å². The first-order valence-electron chi connectivity index (χ1n) is 7.83. The van der Waals surface area contributed by atoms with Crippen LogP contribution >= 0.6 is 12.6 Å². The lowest BCUT2D eigenvalue weighted by molar-refractivity contribution is -0.145. The summed E-state index contributed by atoms with van der Waals surface area (Å²) in [5.41, 5.74) is -0.454. The second-order valence-corrected chi connectivity index (χ2v) is 7.53. The van der Waals surface area contributed by atoms with Gasteiger partial charge in [-0.25, -0.2) is 0 Å².